The zero-order valence-corrected chi connectivity index (χ0v) is 13.5. The number of benzene rings is 2. The molecule has 0 fully saturated rings. The molecule has 21 heavy (non-hydrogen) atoms. The number of hydrogen-bond donors (Lipinski definition) is 1. The summed E-state index contributed by atoms with van der Waals surface area (Å²) < 4.78 is 7.85. The van der Waals surface area contributed by atoms with Crippen molar-refractivity contribution in [1.82, 2.24) is 9.55 Å². The lowest BCUT2D eigenvalue weighted by Crippen LogP contribution is -2.20. The fraction of sp³-hybridized carbons (Fsp3) is 0.0667. The monoisotopic (exact) mass is 362 g/mol. The summed E-state index contributed by atoms with van der Waals surface area (Å²) in [6, 6.07) is 12.7. The van der Waals surface area contributed by atoms with Gasteiger partial charge < -0.3 is 9.72 Å². The molecule has 0 aliphatic carbocycles. The molecule has 3 rings (SSSR count). The second-order valence-corrected chi connectivity index (χ2v) is 5.76. The van der Waals surface area contributed by atoms with E-state index < -0.39 is 0 Å². The summed E-state index contributed by atoms with van der Waals surface area (Å²) in [5.74, 6) is 0.670. The Morgan fingerprint density at radius 3 is 2.81 bits per heavy atom. The molecule has 0 saturated carbocycles. The molecule has 1 heterocycles. The van der Waals surface area contributed by atoms with Crippen molar-refractivity contribution >= 4 is 39.1 Å². The van der Waals surface area contributed by atoms with Gasteiger partial charge in [-0.05, 0) is 42.5 Å². The fourth-order valence-corrected chi connectivity index (χ4v) is 2.83. The van der Waals surface area contributed by atoms with Crippen molar-refractivity contribution in [2.24, 2.45) is 0 Å². The first kappa shape index (κ1) is 14.0. The van der Waals surface area contributed by atoms with Crippen LogP contribution in [0.15, 0.2) is 51.7 Å². The quantitative estimate of drug-likeness (QED) is 0.705. The first-order valence-corrected chi connectivity index (χ1v) is 7.39. The van der Waals surface area contributed by atoms with Crippen molar-refractivity contribution in [2.75, 3.05) is 7.11 Å². The lowest BCUT2D eigenvalue weighted by atomic mass is 10.2. The summed E-state index contributed by atoms with van der Waals surface area (Å²) >= 11 is 8.70. The molecule has 2 aromatic carbocycles. The number of aromatic amines is 1. The van der Waals surface area contributed by atoms with E-state index in [1.807, 2.05) is 30.3 Å². The van der Waals surface area contributed by atoms with Gasteiger partial charge in [-0.3, -0.25) is 9.36 Å². The molecule has 0 saturated heterocycles. The maximum atomic E-state index is 12.7. The van der Waals surface area contributed by atoms with Gasteiger partial charge in [-0.1, -0.05) is 22.0 Å². The van der Waals surface area contributed by atoms with Crippen molar-refractivity contribution in [2.45, 2.75) is 0 Å². The lowest BCUT2D eigenvalue weighted by molar-refractivity contribution is 0.414. The molecule has 0 aliphatic heterocycles. The number of nitrogens with zero attached hydrogens (tertiary/aromatic N) is 1. The van der Waals surface area contributed by atoms with E-state index in [0.717, 1.165) is 4.47 Å². The number of aromatic nitrogens is 2. The van der Waals surface area contributed by atoms with Gasteiger partial charge in [-0.15, -0.1) is 0 Å². The van der Waals surface area contributed by atoms with Gasteiger partial charge in [0.25, 0.3) is 5.56 Å². The van der Waals surface area contributed by atoms with Crippen LogP contribution in [0.4, 0.5) is 0 Å². The second kappa shape index (κ2) is 5.46. The highest BCUT2D eigenvalue weighted by Crippen LogP contribution is 2.18. The Labute approximate surface area is 134 Å². The average Bonchev–Trinajstić information content (AvgIpc) is 2.48. The number of fused-ring (bicyclic) bond motifs is 1. The van der Waals surface area contributed by atoms with E-state index in [0.29, 0.717) is 27.1 Å². The number of nitrogens with one attached hydrogen (secondary N) is 1. The zero-order chi connectivity index (χ0) is 15.0. The van der Waals surface area contributed by atoms with Gasteiger partial charge in [-0.2, -0.15) is 0 Å². The van der Waals surface area contributed by atoms with E-state index in [9.17, 15) is 4.79 Å². The number of rotatable bonds is 2. The lowest BCUT2D eigenvalue weighted by Gasteiger charge is -2.09. The molecule has 0 amide bonds. The second-order valence-electron chi connectivity index (χ2n) is 4.46. The summed E-state index contributed by atoms with van der Waals surface area (Å²) in [4.78, 5) is 15.8. The topological polar surface area (TPSA) is 47.0 Å². The van der Waals surface area contributed by atoms with E-state index >= 15 is 0 Å². The Hall–Kier alpha value is -1.92. The van der Waals surface area contributed by atoms with E-state index in [4.69, 9.17) is 17.0 Å². The van der Waals surface area contributed by atoms with Crippen LogP contribution in [0, 0.1) is 4.77 Å². The first-order valence-electron chi connectivity index (χ1n) is 6.19. The molecule has 106 valence electrons. The molecule has 0 bridgehead atoms. The highest BCUT2D eigenvalue weighted by molar-refractivity contribution is 9.10. The molecule has 1 N–H and O–H groups in total. The van der Waals surface area contributed by atoms with Crippen LogP contribution in [0.25, 0.3) is 16.6 Å². The Bertz CT molecular complexity index is 946. The smallest absolute Gasteiger partial charge is 0.266 e. The average molecular weight is 363 g/mol. The van der Waals surface area contributed by atoms with Gasteiger partial charge >= 0.3 is 0 Å². The van der Waals surface area contributed by atoms with Gasteiger partial charge in [-0.25, -0.2) is 0 Å². The van der Waals surface area contributed by atoms with E-state index in [-0.39, 0.29) is 5.56 Å². The molecule has 1 aromatic heterocycles. The van der Waals surface area contributed by atoms with E-state index in [1.54, 1.807) is 19.2 Å². The molecule has 0 unspecified atom stereocenters. The molecular formula is C15H11BrN2O2S. The summed E-state index contributed by atoms with van der Waals surface area (Å²) in [7, 11) is 1.58. The molecule has 0 aliphatic rings. The molecule has 3 aromatic rings. The maximum absolute atomic E-state index is 12.7. The molecular weight excluding hydrogens is 352 g/mol. The van der Waals surface area contributed by atoms with Gasteiger partial charge in [0, 0.05) is 10.5 Å². The SMILES string of the molecule is COc1cccc(-n2c(=S)[nH]c3ccc(Br)cc3c2=O)c1. The maximum Gasteiger partial charge on any atom is 0.266 e. The Balaban J connectivity index is 2.37. The van der Waals surface area contributed by atoms with Crippen molar-refractivity contribution in [3.8, 4) is 11.4 Å². The minimum Gasteiger partial charge on any atom is -0.497 e. The third-order valence-corrected chi connectivity index (χ3v) is 3.95. The Kier molecular flexibility index (Phi) is 3.65. The highest BCUT2D eigenvalue weighted by Gasteiger charge is 2.08. The Morgan fingerprint density at radius 1 is 1.24 bits per heavy atom. The third-order valence-electron chi connectivity index (χ3n) is 3.17. The summed E-state index contributed by atoms with van der Waals surface area (Å²) in [6.45, 7) is 0. The van der Waals surface area contributed by atoms with Gasteiger partial charge in [0.2, 0.25) is 0 Å². The van der Waals surface area contributed by atoms with Gasteiger partial charge in [0.1, 0.15) is 5.75 Å². The van der Waals surface area contributed by atoms with Crippen LogP contribution in [0.5, 0.6) is 5.75 Å². The number of methoxy groups -OCH3 is 1. The minimum atomic E-state index is -0.164. The van der Waals surface area contributed by atoms with Crippen molar-refractivity contribution < 1.29 is 4.74 Å². The number of halogens is 1. The molecule has 4 nitrogen and oxygen atoms in total. The fourth-order valence-electron chi connectivity index (χ4n) is 2.17. The van der Waals surface area contributed by atoms with Crippen LogP contribution < -0.4 is 10.3 Å². The van der Waals surface area contributed by atoms with Crippen molar-refractivity contribution in [3.05, 3.63) is 62.1 Å². The third kappa shape index (κ3) is 2.52. The van der Waals surface area contributed by atoms with Crippen LogP contribution >= 0.6 is 28.1 Å². The van der Waals surface area contributed by atoms with E-state index in [1.165, 1.54) is 4.57 Å². The molecule has 0 radical (unpaired) electrons. The molecule has 6 heteroatoms. The molecule has 0 spiro atoms. The molecule has 0 atom stereocenters. The van der Waals surface area contributed by atoms with Gasteiger partial charge in [0.15, 0.2) is 4.77 Å². The predicted octanol–water partition coefficient (Wildman–Crippen LogP) is 3.82. The first-order chi connectivity index (χ1) is 10.1. The largest absolute Gasteiger partial charge is 0.497 e. The minimum absolute atomic E-state index is 0.164. The van der Waals surface area contributed by atoms with Crippen LogP contribution in [-0.4, -0.2) is 16.7 Å². The van der Waals surface area contributed by atoms with Crippen LogP contribution in [0.3, 0.4) is 0 Å². The summed E-state index contributed by atoms with van der Waals surface area (Å²) in [5, 5.41) is 0.570. The van der Waals surface area contributed by atoms with E-state index in [2.05, 4.69) is 20.9 Å². The highest BCUT2D eigenvalue weighted by atomic mass is 79.9. The van der Waals surface area contributed by atoms with Crippen LogP contribution in [0.2, 0.25) is 0 Å². The van der Waals surface area contributed by atoms with Crippen LogP contribution in [-0.2, 0) is 0 Å². The summed E-state index contributed by atoms with van der Waals surface area (Å²) in [6.07, 6.45) is 0. The predicted molar refractivity (Wildman–Crippen MR) is 89.0 cm³/mol. The zero-order valence-electron chi connectivity index (χ0n) is 11.1. The van der Waals surface area contributed by atoms with Crippen molar-refractivity contribution in [1.29, 1.82) is 0 Å². The van der Waals surface area contributed by atoms with Crippen LogP contribution in [0.1, 0.15) is 0 Å². The van der Waals surface area contributed by atoms with Crippen molar-refractivity contribution in [3.63, 3.8) is 0 Å². The standard InChI is InChI=1S/C15H11BrN2O2S/c1-20-11-4-2-3-10(8-11)18-14(19)12-7-9(16)5-6-13(12)17-15(18)21/h2-8H,1H3,(H,17,21). The number of hydrogen-bond acceptors (Lipinski definition) is 3. The Morgan fingerprint density at radius 2 is 2.05 bits per heavy atom. The van der Waals surface area contributed by atoms with Gasteiger partial charge in [0.05, 0.1) is 23.7 Å². The summed E-state index contributed by atoms with van der Waals surface area (Å²) in [5.41, 5.74) is 1.22. The normalized spacial score (nSPS) is 10.8. The number of H-pyrrole nitrogens is 1. The number of ether oxygens (including phenoxy) is 1.